The van der Waals surface area contributed by atoms with Crippen molar-refractivity contribution in [2.75, 3.05) is 6.54 Å². The smallest absolute Gasteiger partial charge is 0.237 e. The van der Waals surface area contributed by atoms with Gasteiger partial charge in [0.25, 0.3) is 0 Å². The summed E-state index contributed by atoms with van der Waals surface area (Å²) in [6.07, 6.45) is 2.17. The number of hydrogen-bond acceptors (Lipinski definition) is 4. The molecule has 0 radical (unpaired) electrons. The first-order valence-corrected chi connectivity index (χ1v) is 10.4. The van der Waals surface area contributed by atoms with Gasteiger partial charge in [-0.05, 0) is 50.9 Å². The van der Waals surface area contributed by atoms with E-state index in [4.69, 9.17) is 4.98 Å². The molecule has 3 aromatic rings. The van der Waals surface area contributed by atoms with Gasteiger partial charge >= 0.3 is 0 Å². The van der Waals surface area contributed by atoms with Gasteiger partial charge in [-0.2, -0.15) is 0 Å². The summed E-state index contributed by atoms with van der Waals surface area (Å²) in [6, 6.07) is 16.6. The van der Waals surface area contributed by atoms with Crippen LogP contribution in [0.4, 0.5) is 0 Å². The first-order valence-electron chi connectivity index (χ1n) is 9.56. The lowest BCUT2D eigenvalue weighted by atomic mass is 10.1. The van der Waals surface area contributed by atoms with Crippen molar-refractivity contribution in [3.8, 4) is 0 Å². The highest BCUT2D eigenvalue weighted by Gasteiger charge is 2.34. The molecule has 2 aromatic carbocycles. The van der Waals surface area contributed by atoms with E-state index in [2.05, 4.69) is 59.6 Å². The Hall–Kier alpha value is -2.24. The minimum atomic E-state index is -0.157. The maximum atomic E-state index is 12.7. The van der Waals surface area contributed by atoms with Gasteiger partial charge in [-0.3, -0.25) is 9.69 Å². The molecule has 0 spiro atoms. The van der Waals surface area contributed by atoms with Crippen LogP contribution in [0.25, 0.3) is 10.2 Å². The van der Waals surface area contributed by atoms with Crippen molar-refractivity contribution >= 4 is 27.5 Å². The molecule has 1 aliphatic heterocycles. The van der Waals surface area contributed by atoms with E-state index in [1.807, 2.05) is 13.0 Å². The predicted molar refractivity (Wildman–Crippen MR) is 111 cm³/mol. The van der Waals surface area contributed by atoms with Crippen LogP contribution < -0.4 is 5.32 Å². The molecular weight excluding hydrogens is 354 g/mol. The number of likely N-dealkylation sites (tertiary alicyclic amines) is 1. The molecule has 1 aliphatic rings. The van der Waals surface area contributed by atoms with E-state index < -0.39 is 0 Å². The Morgan fingerprint density at radius 2 is 2.04 bits per heavy atom. The van der Waals surface area contributed by atoms with E-state index in [9.17, 15) is 4.79 Å². The Labute approximate surface area is 164 Å². The van der Waals surface area contributed by atoms with Gasteiger partial charge in [0.2, 0.25) is 5.91 Å². The van der Waals surface area contributed by atoms with Crippen LogP contribution in [0.15, 0.2) is 48.5 Å². The fourth-order valence-electron chi connectivity index (χ4n) is 3.74. The summed E-state index contributed by atoms with van der Waals surface area (Å²) in [5, 5.41) is 4.23. The predicted octanol–water partition coefficient (Wildman–Crippen LogP) is 4.45. The van der Waals surface area contributed by atoms with Gasteiger partial charge < -0.3 is 5.32 Å². The average Bonchev–Trinajstić information content (AvgIpc) is 3.33. The molecular formula is C22H25N3OS. The van der Waals surface area contributed by atoms with Crippen molar-refractivity contribution in [1.29, 1.82) is 0 Å². The Bertz CT molecular complexity index is 901. The third-order valence-electron chi connectivity index (χ3n) is 5.35. The summed E-state index contributed by atoms with van der Waals surface area (Å²) in [7, 11) is 0. The second-order valence-corrected chi connectivity index (χ2v) is 8.36. The number of aromatic nitrogens is 1. The number of thiazole rings is 1. The zero-order valence-electron chi connectivity index (χ0n) is 15.8. The summed E-state index contributed by atoms with van der Waals surface area (Å²) in [5.41, 5.74) is 3.42. The molecule has 0 bridgehead atoms. The maximum Gasteiger partial charge on any atom is 0.237 e. The third kappa shape index (κ3) is 3.89. The number of carbonyl (C=O) groups is 1. The van der Waals surface area contributed by atoms with Gasteiger partial charge in [0.05, 0.1) is 22.3 Å². The average molecular weight is 380 g/mol. The van der Waals surface area contributed by atoms with Crippen molar-refractivity contribution in [2.24, 2.45) is 0 Å². The minimum absolute atomic E-state index is 0.0867. The van der Waals surface area contributed by atoms with Crippen LogP contribution in [0, 0.1) is 6.92 Å². The molecule has 5 heteroatoms. The Balaban J connectivity index is 1.44. The summed E-state index contributed by atoms with van der Waals surface area (Å²) >= 11 is 1.75. The van der Waals surface area contributed by atoms with Crippen molar-refractivity contribution in [1.82, 2.24) is 15.2 Å². The van der Waals surface area contributed by atoms with Crippen molar-refractivity contribution in [3.63, 3.8) is 0 Å². The number of para-hydroxylation sites is 1. The number of amides is 1. The normalized spacial score (nSPS) is 18.7. The van der Waals surface area contributed by atoms with Crippen LogP contribution in [0.5, 0.6) is 0 Å². The molecule has 0 aliphatic carbocycles. The number of carbonyl (C=O) groups excluding carboxylic acids is 1. The van der Waals surface area contributed by atoms with Crippen molar-refractivity contribution < 1.29 is 4.79 Å². The maximum absolute atomic E-state index is 12.7. The lowest BCUT2D eigenvalue weighted by Crippen LogP contribution is -2.44. The van der Waals surface area contributed by atoms with Gasteiger partial charge in [0.1, 0.15) is 5.01 Å². The van der Waals surface area contributed by atoms with Crippen LogP contribution >= 0.6 is 11.3 Å². The van der Waals surface area contributed by atoms with Crippen molar-refractivity contribution in [2.45, 2.75) is 45.3 Å². The topological polar surface area (TPSA) is 45.2 Å². The lowest BCUT2D eigenvalue weighted by molar-refractivity contribution is -0.126. The molecule has 27 heavy (non-hydrogen) atoms. The minimum Gasteiger partial charge on any atom is -0.351 e. The highest BCUT2D eigenvalue weighted by Crippen LogP contribution is 2.37. The number of aryl methyl sites for hydroxylation is 1. The molecule has 0 saturated carbocycles. The lowest BCUT2D eigenvalue weighted by Gasteiger charge is -2.28. The molecule has 1 fully saturated rings. The van der Waals surface area contributed by atoms with Crippen LogP contribution in [0.2, 0.25) is 0 Å². The SMILES string of the molecule is Cc1ccc(CNC(=O)C(C)N2CCCC2c2nc3ccccc3s2)cc1. The van der Waals surface area contributed by atoms with E-state index in [-0.39, 0.29) is 18.0 Å². The molecule has 1 saturated heterocycles. The van der Waals surface area contributed by atoms with Gasteiger partial charge in [0.15, 0.2) is 0 Å². The molecule has 1 amide bonds. The first kappa shape index (κ1) is 18.1. The molecule has 2 heterocycles. The first-order chi connectivity index (χ1) is 13.1. The largest absolute Gasteiger partial charge is 0.351 e. The number of rotatable bonds is 5. The van der Waals surface area contributed by atoms with E-state index in [1.54, 1.807) is 11.3 Å². The zero-order chi connectivity index (χ0) is 18.8. The van der Waals surface area contributed by atoms with E-state index >= 15 is 0 Å². The summed E-state index contributed by atoms with van der Waals surface area (Å²) in [6.45, 7) is 5.60. The monoisotopic (exact) mass is 379 g/mol. The molecule has 1 aromatic heterocycles. The molecule has 1 N–H and O–H groups in total. The number of benzene rings is 2. The number of nitrogens with zero attached hydrogens (tertiary/aromatic N) is 2. The van der Waals surface area contributed by atoms with Gasteiger partial charge in [-0.25, -0.2) is 4.98 Å². The molecule has 4 rings (SSSR count). The summed E-state index contributed by atoms with van der Waals surface area (Å²) < 4.78 is 1.22. The molecule has 140 valence electrons. The molecule has 4 nitrogen and oxygen atoms in total. The zero-order valence-corrected chi connectivity index (χ0v) is 16.6. The molecule has 2 atom stereocenters. The standard InChI is InChI=1S/C22H25N3OS/c1-15-9-11-17(12-10-15)14-23-21(26)16(2)25-13-5-7-19(25)22-24-18-6-3-4-8-20(18)27-22/h3-4,6,8-12,16,19H,5,7,13-14H2,1-2H3,(H,23,26). The van der Waals surface area contributed by atoms with Crippen molar-refractivity contribution in [3.05, 3.63) is 64.7 Å². The van der Waals surface area contributed by atoms with E-state index in [1.165, 1.54) is 10.3 Å². The van der Waals surface area contributed by atoms with Gasteiger partial charge in [-0.15, -0.1) is 11.3 Å². The van der Waals surface area contributed by atoms with Crippen LogP contribution in [0.3, 0.4) is 0 Å². The quantitative estimate of drug-likeness (QED) is 0.712. The number of nitrogens with one attached hydrogen (secondary N) is 1. The fourth-order valence-corrected chi connectivity index (χ4v) is 4.87. The van der Waals surface area contributed by atoms with E-state index in [0.29, 0.717) is 6.54 Å². The summed E-state index contributed by atoms with van der Waals surface area (Å²) in [5.74, 6) is 0.0867. The van der Waals surface area contributed by atoms with Crippen LogP contribution in [-0.2, 0) is 11.3 Å². The van der Waals surface area contributed by atoms with Gasteiger partial charge in [0, 0.05) is 6.54 Å². The second-order valence-electron chi connectivity index (χ2n) is 7.30. The molecule has 2 unspecified atom stereocenters. The van der Waals surface area contributed by atoms with Gasteiger partial charge in [-0.1, -0.05) is 42.0 Å². The third-order valence-corrected chi connectivity index (χ3v) is 6.49. The summed E-state index contributed by atoms with van der Waals surface area (Å²) in [4.78, 5) is 19.9. The second kappa shape index (κ2) is 7.79. The Morgan fingerprint density at radius 1 is 1.26 bits per heavy atom. The Morgan fingerprint density at radius 3 is 2.81 bits per heavy atom. The number of fused-ring (bicyclic) bond motifs is 1. The Kier molecular flexibility index (Phi) is 5.23. The highest BCUT2D eigenvalue weighted by molar-refractivity contribution is 7.18. The fraction of sp³-hybridized carbons (Fsp3) is 0.364. The van der Waals surface area contributed by atoms with Crippen LogP contribution in [-0.4, -0.2) is 28.4 Å². The van der Waals surface area contributed by atoms with E-state index in [0.717, 1.165) is 35.5 Å². The van der Waals surface area contributed by atoms with Crippen LogP contribution in [0.1, 0.15) is 41.9 Å². The number of hydrogen-bond donors (Lipinski definition) is 1. The highest BCUT2D eigenvalue weighted by atomic mass is 32.1.